The molecule has 0 saturated carbocycles. The Kier molecular flexibility index (Phi) is 6.66. The van der Waals surface area contributed by atoms with Crippen LogP contribution >= 0.6 is 11.6 Å². The maximum atomic E-state index is 10.7. The van der Waals surface area contributed by atoms with Gasteiger partial charge in [0.25, 0.3) is 0 Å². The predicted octanol–water partition coefficient (Wildman–Crippen LogP) is 3.68. The molecule has 1 rings (SSSR count). The first-order valence-corrected chi connectivity index (χ1v) is 6.15. The molecule has 0 radical (unpaired) electrons. The summed E-state index contributed by atoms with van der Waals surface area (Å²) in [4.78, 5) is 10.7. The SMILES string of the molecule is O=Cc1ccccc1OCCCCCCCl. The molecule has 1 aromatic carbocycles. The summed E-state index contributed by atoms with van der Waals surface area (Å²) in [6.07, 6.45) is 5.15. The maximum Gasteiger partial charge on any atom is 0.153 e. The minimum atomic E-state index is 0.614. The predicted molar refractivity (Wildman–Crippen MR) is 66.5 cm³/mol. The van der Waals surface area contributed by atoms with Crippen molar-refractivity contribution in [2.75, 3.05) is 12.5 Å². The standard InChI is InChI=1S/C13H17ClO2/c14-9-5-1-2-6-10-16-13-8-4-3-7-12(13)11-15/h3-4,7-8,11H,1-2,5-6,9-10H2. The third kappa shape index (κ3) is 4.67. The van der Waals surface area contributed by atoms with E-state index in [1.165, 1.54) is 0 Å². The van der Waals surface area contributed by atoms with Gasteiger partial charge >= 0.3 is 0 Å². The zero-order chi connectivity index (χ0) is 11.6. The van der Waals surface area contributed by atoms with Crippen molar-refractivity contribution in [3.63, 3.8) is 0 Å². The largest absolute Gasteiger partial charge is 0.493 e. The average molecular weight is 241 g/mol. The second-order valence-corrected chi connectivity index (χ2v) is 3.99. The number of rotatable bonds is 8. The summed E-state index contributed by atoms with van der Waals surface area (Å²) in [5, 5.41) is 0. The first-order valence-electron chi connectivity index (χ1n) is 5.61. The summed E-state index contributed by atoms with van der Waals surface area (Å²) in [6.45, 7) is 0.660. The van der Waals surface area contributed by atoms with Gasteiger partial charge in [-0.05, 0) is 25.0 Å². The summed E-state index contributed by atoms with van der Waals surface area (Å²) < 4.78 is 5.54. The fraction of sp³-hybridized carbons (Fsp3) is 0.462. The zero-order valence-corrected chi connectivity index (χ0v) is 10.1. The van der Waals surface area contributed by atoms with Crippen LogP contribution in [0, 0.1) is 0 Å². The highest BCUT2D eigenvalue weighted by Gasteiger charge is 2.00. The van der Waals surface area contributed by atoms with Crippen molar-refractivity contribution < 1.29 is 9.53 Å². The first kappa shape index (κ1) is 13.0. The number of hydrogen-bond acceptors (Lipinski definition) is 2. The monoisotopic (exact) mass is 240 g/mol. The van der Waals surface area contributed by atoms with E-state index in [1.54, 1.807) is 6.07 Å². The number of halogens is 1. The normalized spacial score (nSPS) is 10.1. The lowest BCUT2D eigenvalue weighted by molar-refractivity contribution is 0.111. The summed E-state index contributed by atoms with van der Waals surface area (Å²) >= 11 is 5.58. The summed E-state index contributed by atoms with van der Waals surface area (Å²) in [5.74, 6) is 1.41. The molecule has 0 spiro atoms. The van der Waals surface area contributed by atoms with Crippen LogP contribution in [-0.2, 0) is 0 Å². The van der Waals surface area contributed by atoms with Crippen LogP contribution in [0.5, 0.6) is 5.75 Å². The Morgan fingerprint density at radius 2 is 1.88 bits per heavy atom. The highest BCUT2D eigenvalue weighted by Crippen LogP contribution is 2.16. The van der Waals surface area contributed by atoms with Crippen molar-refractivity contribution in [3.8, 4) is 5.75 Å². The number of carbonyl (C=O) groups excluding carboxylic acids is 1. The number of ether oxygens (including phenoxy) is 1. The molecule has 2 nitrogen and oxygen atoms in total. The van der Waals surface area contributed by atoms with Gasteiger partial charge in [0, 0.05) is 5.88 Å². The molecule has 0 atom stereocenters. The number of carbonyl (C=O) groups is 1. The third-order valence-corrected chi connectivity index (χ3v) is 2.60. The molecular formula is C13H17ClO2. The molecule has 0 aliphatic carbocycles. The van der Waals surface area contributed by atoms with E-state index in [1.807, 2.05) is 18.2 Å². The van der Waals surface area contributed by atoms with E-state index in [2.05, 4.69) is 0 Å². The number of benzene rings is 1. The van der Waals surface area contributed by atoms with Crippen LogP contribution in [0.3, 0.4) is 0 Å². The highest BCUT2D eigenvalue weighted by atomic mass is 35.5. The molecule has 0 N–H and O–H groups in total. The summed E-state index contributed by atoms with van der Waals surface area (Å²) in [7, 11) is 0. The number of para-hydroxylation sites is 1. The van der Waals surface area contributed by atoms with Crippen molar-refractivity contribution >= 4 is 17.9 Å². The van der Waals surface area contributed by atoms with Gasteiger partial charge in [-0.25, -0.2) is 0 Å². The van der Waals surface area contributed by atoms with Gasteiger partial charge in [0.15, 0.2) is 6.29 Å². The Morgan fingerprint density at radius 3 is 2.62 bits per heavy atom. The van der Waals surface area contributed by atoms with Crippen LogP contribution in [0.25, 0.3) is 0 Å². The maximum absolute atomic E-state index is 10.7. The van der Waals surface area contributed by atoms with E-state index in [0.29, 0.717) is 17.9 Å². The Balaban J connectivity index is 2.23. The molecule has 0 heterocycles. The fourth-order valence-corrected chi connectivity index (χ4v) is 1.63. The molecule has 3 heteroatoms. The van der Waals surface area contributed by atoms with Crippen LogP contribution in [0.4, 0.5) is 0 Å². The molecule has 88 valence electrons. The molecule has 0 unspecified atom stereocenters. The van der Waals surface area contributed by atoms with E-state index in [9.17, 15) is 4.79 Å². The van der Waals surface area contributed by atoms with Crippen molar-refractivity contribution in [2.24, 2.45) is 0 Å². The molecule has 0 fully saturated rings. The Labute approximate surface area is 102 Å². The molecule has 0 amide bonds. The van der Waals surface area contributed by atoms with Gasteiger partial charge < -0.3 is 4.74 Å². The molecule has 0 aromatic heterocycles. The van der Waals surface area contributed by atoms with Crippen LogP contribution in [0.1, 0.15) is 36.0 Å². The lowest BCUT2D eigenvalue weighted by Gasteiger charge is -2.07. The molecule has 0 saturated heterocycles. The highest BCUT2D eigenvalue weighted by molar-refractivity contribution is 6.17. The average Bonchev–Trinajstić information content (AvgIpc) is 2.34. The smallest absolute Gasteiger partial charge is 0.153 e. The van der Waals surface area contributed by atoms with Crippen molar-refractivity contribution in [1.82, 2.24) is 0 Å². The lowest BCUT2D eigenvalue weighted by atomic mass is 10.2. The van der Waals surface area contributed by atoms with Crippen molar-refractivity contribution in [2.45, 2.75) is 25.7 Å². The summed E-state index contributed by atoms with van der Waals surface area (Å²) in [5.41, 5.74) is 0.614. The van der Waals surface area contributed by atoms with E-state index in [-0.39, 0.29) is 0 Å². The lowest BCUT2D eigenvalue weighted by Crippen LogP contribution is -1.99. The molecule has 0 aliphatic heterocycles. The number of unbranched alkanes of at least 4 members (excludes halogenated alkanes) is 3. The second-order valence-electron chi connectivity index (χ2n) is 3.61. The molecule has 0 bridgehead atoms. The first-order chi connectivity index (χ1) is 7.88. The van der Waals surface area contributed by atoms with Crippen LogP contribution in [0.15, 0.2) is 24.3 Å². The van der Waals surface area contributed by atoms with E-state index in [0.717, 1.165) is 37.8 Å². The number of alkyl halides is 1. The fourth-order valence-electron chi connectivity index (χ4n) is 1.44. The van der Waals surface area contributed by atoms with Crippen LogP contribution < -0.4 is 4.74 Å². The van der Waals surface area contributed by atoms with Crippen molar-refractivity contribution in [3.05, 3.63) is 29.8 Å². The number of hydrogen-bond donors (Lipinski definition) is 0. The van der Waals surface area contributed by atoms with Gasteiger partial charge in [-0.2, -0.15) is 0 Å². The summed E-state index contributed by atoms with van der Waals surface area (Å²) in [6, 6.07) is 7.28. The van der Waals surface area contributed by atoms with Gasteiger partial charge in [0.2, 0.25) is 0 Å². The van der Waals surface area contributed by atoms with E-state index in [4.69, 9.17) is 16.3 Å². The Bertz CT molecular complexity index is 313. The van der Waals surface area contributed by atoms with Gasteiger partial charge in [-0.3, -0.25) is 4.79 Å². The zero-order valence-electron chi connectivity index (χ0n) is 9.32. The van der Waals surface area contributed by atoms with E-state index < -0.39 is 0 Å². The third-order valence-electron chi connectivity index (χ3n) is 2.33. The van der Waals surface area contributed by atoms with Gasteiger partial charge in [-0.15, -0.1) is 11.6 Å². The number of aldehydes is 1. The molecular weight excluding hydrogens is 224 g/mol. The van der Waals surface area contributed by atoms with Crippen LogP contribution in [-0.4, -0.2) is 18.8 Å². The topological polar surface area (TPSA) is 26.3 Å². The molecule has 16 heavy (non-hydrogen) atoms. The minimum Gasteiger partial charge on any atom is -0.493 e. The van der Waals surface area contributed by atoms with E-state index >= 15 is 0 Å². The molecule has 1 aromatic rings. The van der Waals surface area contributed by atoms with Crippen molar-refractivity contribution in [1.29, 1.82) is 0 Å². The minimum absolute atomic E-state index is 0.614. The quantitative estimate of drug-likeness (QED) is 0.394. The van der Waals surface area contributed by atoms with Crippen LogP contribution in [0.2, 0.25) is 0 Å². The van der Waals surface area contributed by atoms with Gasteiger partial charge in [0.1, 0.15) is 5.75 Å². The Hall–Kier alpha value is -1.02. The van der Waals surface area contributed by atoms with Gasteiger partial charge in [0.05, 0.1) is 12.2 Å². The molecule has 0 aliphatic rings. The second kappa shape index (κ2) is 8.17. The van der Waals surface area contributed by atoms with Gasteiger partial charge in [-0.1, -0.05) is 25.0 Å². The Morgan fingerprint density at radius 1 is 1.12 bits per heavy atom.